The van der Waals surface area contributed by atoms with Crippen LogP contribution in [0.2, 0.25) is 0 Å². The van der Waals surface area contributed by atoms with Crippen molar-refractivity contribution in [2.75, 3.05) is 5.32 Å². The molecule has 1 saturated carbocycles. The third kappa shape index (κ3) is 2.33. The second-order valence-corrected chi connectivity index (χ2v) is 4.14. The van der Waals surface area contributed by atoms with Crippen molar-refractivity contribution in [2.24, 2.45) is 5.84 Å². The van der Waals surface area contributed by atoms with Gasteiger partial charge in [0.05, 0.1) is 5.56 Å². The van der Waals surface area contributed by atoms with Gasteiger partial charge in [-0.05, 0) is 25.0 Å². The predicted octanol–water partition coefficient (Wildman–Crippen LogP) is 1.64. The van der Waals surface area contributed by atoms with E-state index in [1.165, 1.54) is 25.7 Å². The van der Waals surface area contributed by atoms with Crippen molar-refractivity contribution in [1.29, 1.82) is 0 Å². The standard InChI is InChI=1S/C12H17N3O/c13-15-12(16)10-7-3-4-8-11(10)14-9-5-1-2-6-9/h3-4,7-9,14H,1-2,5-6,13H2,(H,15,16). The fraction of sp³-hybridized carbons (Fsp3) is 0.417. The molecule has 2 rings (SSSR count). The van der Waals surface area contributed by atoms with Gasteiger partial charge in [-0.3, -0.25) is 10.2 Å². The first kappa shape index (κ1) is 11.0. The average molecular weight is 219 g/mol. The minimum Gasteiger partial charge on any atom is -0.382 e. The van der Waals surface area contributed by atoms with Gasteiger partial charge in [-0.15, -0.1) is 0 Å². The highest BCUT2D eigenvalue weighted by Gasteiger charge is 2.17. The number of hydrazine groups is 1. The number of para-hydroxylation sites is 1. The molecule has 1 aromatic carbocycles. The molecule has 0 saturated heterocycles. The highest BCUT2D eigenvalue weighted by atomic mass is 16.2. The van der Waals surface area contributed by atoms with Gasteiger partial charge in [0.15, 0.2) is 0 Å². The Kier molecular flexibility index (Phi) is 3.41. The van der Waals surface area contributed by atoms with Crippen molar-refractivity contribution in [1.82, 2.24) is 5.43 Å². The number of amides is 1. The van der Waals surface area contributed by atoms with E-state index in [0.717, 1.165) is 5.69 Å². The summed E-state index contributed by atoms with van der Waals surface area (Å²) in [6, 6.07) is 7.95. The highest BCUT2D eigenvalue weighted by Crippen LogP contribution is 2.24. The number of hydrogen-bond donors (Lipinski definition) is 3. The lowest BCUT2D eigenvalue weighted by molar-refractivity contribution is 0.0954. The SMILES string of the molecule is NNC(=O)c1ccccc1NC1CCCC1. The Bertz CT molecular complexity index is 372. The molecule has 1 amide bonds. The Balaban J connectivity index is 2.15. The minimum absolute atomic E-state index is 0.249. The van der Waals surface area contributed by atoms with Crippen molar-refractivity contribution in [3.63, 3.8) is 0 Å². The topological polar surface area (TPSA) is 67.1 Å². The molecule has 1 aliphatic carbocycles. The van der Waals surface area contributed by atoms with Crippen LogP contribution in [0.3, 0.4) is 0 Å². The van der Waals surface area contributed by atoms with Crippen LogP contribution in [-0.4, -0.2) is 11.9 Å². The summed E-state index contributed by atoms with van der Waals surface area (Å²) >= 11 is 0. The molecule has 4 N–H and O–H groups in total. The summed E-state index contributed by atoms with van der Waals surface area (Å²) in [7, 11) is 0. The van der Waals surface area contributed by atoms with E-state index in [4.69, 9.17) is 5.84 Å². The third-order valence-corrected chi connectivity index (χ3v) is 3.02. The third-order valence-electron chi connectivity index (χ3n) is 3.02. The Labute approximate surface area is 95.2 Å². The van der Waals surface area contributed by atoms with E-state index in [0.29, 0.717) is 11.6 Å². The molecular weight excluding hydrogens is 202 g/mol. The highest BCUT2D eigenvalue weighted by molar-refractivity contribution is 5.99. The van der Waals surface area contributed by atoms with E-state index >= 15 is 0 Å². The fourth-order valence-corrected chi connectivity index (χ4v) is 2.17. The Morgan fingerprint density at radius 2 is 1.94 bits per heavy atom. The predicted molar refractivity (Wildman–Crippen MR) is 64.0 cm³/mol. The lowest BCUT2D eigenvalue weighted by atomic mass is 10.1. The van der Waals surface area contributed by atoms with Crippen molar-refractivity contribution < 1.29 is 4.79 Å². The molecule has 0 aromatic heterocycles. The molecule has 0 spiro atoms. The molecule has 0 bridgehead atoms. The Morgan fingerprint density at radius 1 is 1.25 bits per heavy atom. The van der Waals surface area contributed by atoms with Gasteiger partial charge < -0.3 is 5.32 Å². The molecule has 4 heteroatoms. The molecule has 0 radical (unpaired) electrons. The van der Waals surface area contributed by atoms with Crippen molar-refractivity contribution in [3.8, 4) is 0 Å². The molecule has 0 unspecified atom stereocenters. The first-order valence-electron chi connectivity index (χ1n) is 5.68. The summed E-state index contributed by atoms with van der Waals surface area (Å²) in [5, 5.41) is 3.41. The maximum absolute atomic E-state index is 11.5. The zero-order valence-electron chi connectivity index (χ0n) is 9.20. The van der Waals surface area contributed by atoms with Gasteiger partial charge in [-0.1, -0.05) is 25.0 Å². The van der Waals surface area contributed by atoms with Crippen LogP contribution in [0.5, 0.6) is 0 Å². The zero-order valence-corrected chi connectivity index (χ0v) is 9.20. The fourth-order valence-electron chi connectivity index (χ4n) is 2.17. The lowest BCUT2D eigenvalue weighted by Gasteiger charge is -2.16. The molecule has 4 nitrogen and oxygen atoms in total. The van der Waals surface area contributed by atoms with Gasteiger partial charge in [-0.2, -0.15) is 0 Å². The quantitative estimate of drug-likeness (QED) is 0.411. The van der Waals surface area contributed by atoms with Crippen molar-refractivity contribution in [3.05, 3.63) is 29.8 Å². The number of carbonyl (C=O) groups excluding carboxylic acids is 1. The molecular formula is C12H17N3O. The summed E-state index contributed by atoms with van der Waals surface area (Å²) in [6.45, 7) is 0. The van der Waals surface area contributed by atoms with Crippen LogP contribution in [0.4, 0.5) is 5.69 Å². The zero-order chi connectivity index (χ0) is 11.4. The van der Waals surface area contributed by atoms with Crippen LogP contribution in [-0.2, 0) is 0 Å². The number of nitrogens with two attached hydrogens (primary N) is 1. The van der Waals surface area contributed by atoms with E-state index in [2.05, 4.69) is 10.7 Å². The van der Waals surface area contributed by atoms with Crippen LogP contribution in [0.1, 0.15) is 36.0 Å². The second-order valence-electron chi connectivity index (χ2n) is 4.14. The molecule has 16 heavy (non-hydrogen) atoms. The second kappa shape index (κ2) is 4.99. The smallest absolute Gasteiger partial charge is 0.267 e. The van der Waals surface area contributed by atoms with E-state index in [-0.39, 0.29) is 5.91 Å². The van der Waals surface area contributed by atoms with Crippen LogP contribution in [0, 0.1) is 0 Å². The van der Waals surface area contributed by atoms with Crippen molar-refractivity contribution in [2.45, 2.75) is 31.7 Å². The first-order valence-corrected chi connectivity index (χ1v) is 5.68. The van der Waals surface area contributed by atoms with Gasteiger partial charge >= 0.3 is 0 Å². The first-order chi connectivity index (χ1) is 7.81. The minimum atomic E-state index is -0.249. The van der Waals surface area contributed by atoms with Gasteiger partial charge in [0.25, 0.3) is 5.91 Å². The molecule has 0 heterocycles. The number of hydrogen-bond acceptors (Lipinski definition) is 3. The number of benzene rings is 1. The number of nitrogens with one attached hydrogen (secondary N) is 2. The van der Waals surface area contributed by atoms with Crippen LogP contribution >= 0.6 is 0 Å². The summed E-state index contributed by atoms with van der Waals surface area (Å²) in [5.74, 6) is 4.90. The van der Waals surface area contributed by atoms with Gasteiger partial charge in [0, 0.05) is 11.7 Å². The number of anilines is 1. The van der Waals surface area contributed by atoms with Crippen LogP contribution in [0.25, 0.3) is 0 Å². The summed E-state index contributed by atoms with van der Waals surface area (Å²) in [6.07, 6.45) is 4.89. The van der Waals surface area contributed by atoms with E-state index in [9.17, 15) is 4.79 Å². The Hall–Kier alpha value is -1.55. The summed E-state index contributed by atoms with van der Waals surface area (Å²) in [5.41, 5.74) is 3.65. The lowest BCUT2D eigenvalue weighted by Crippen LogP contribution is -2.31. The van der Waals surface area contributed by atoms with Gasteiger partial charge in [-0.25, -0.2) is 5.84 Å². The van der Waals surface area contributed by atoms with Crippen molar-refractivity contribution >= 4 is 11.6 Å². The monoisotopic (exact) mass is 219 g/mol. The van der Waals surface area contributed by atoms with Crippen LogP contribution in [0.15, 0.2) is 24.3 Å². The maximum atomic E-state index is 11.5. The molecule has 86 valence electrons. The van der Waals surface area contributed by atoms with E-state index in [1.807, 2.05) is 18.2 Å². The summed E-state index contributed by atoms with van der Waals surface area (Å²) < 4.78 is 0. The molecule has 1 fully saturated rings. The van der Waals surface area contributed by atoms with Gasteiger partial charge in [0.1, 0.15) is 0 Å². The molecule has 1 aromatic rings. The maximum Gasteiger partial charge on any atom is 0.267 e. The van der Waals surface area contributed by atoms with E-state index < -0.39 is 0 Å². The molecule has 1 aliphatic rings. The van der Waals surface area contributed by atoms with Gasteiger partial charge in [0.2, 0.25) is 0 Å². The normalized spacial score (nSPS) is 16.1. The largest absolute Gasteiger partial charge is 0.382 e. The van der Waals surface area contributed by atoms with E-state index in [1.54, 1.807) is 6.07 Å². The van der Waals surface area contributed by atoms with Crippen LogP contribution < -0.4 is 16.6 Å². The average Bonchev–Trinajstić information content (AvgIpc) is 2.82. The number of carbonyl (C=O) groups is 1. The molecule has 0 atom stereocenters. The summed E-state index contributed by atoms with van der Waals surface area (Å²) in [4.78, 5) is 11.5. The number of nitrogen functional groups attached to an aromatic ring is 1. The Morgan fingerprint density at radius 3 is 2.62 bits per heavy atom. The number of rotatable bonds is 3. The molecule has 0 aliphatic heterocycles.